The van der Waals surface area contributed by atoms with Crippen molar-refractivity contribution in [3.05, 3.63) is 35.9 Å². The van der Waals surface area contributed by atoms with Crippen LogP contribution in [0.2, 0.25) is 0 Å². The molecule has 1 aromatic carbocycles. The van der Waals surface area contributed by atoms with Crippen LogP contribution in [-0.2, 0) is 16.1 Å². The molecule has 0 amide bonds. The minimum atomic E-state index is -0.00634. The second-order valence-corrected chi connectivity index (χ2v) is 7.02. The highest BCUT2D eigenvalue weighted by atomic mass is 16.5. The number of carbonyl (C=O) groups excluding carboxylic acids is 1. The number of hydrogen-bond donors (Lipinski definition) is 0. The van der Waals surface area contributed by atoms with E-state index in [1.807, 2.05) is 18.2 Å². The molecule has 1 saturated carbocycles. The number of ether oxygens (including phenoxy) is 1. The fourth-order valence-corrected chi connectivity index (χ4v) is 3.44. The lowest BCUT2D eigenvalue weighted by Gasteiger charge is -2.41. The molecule has 1 unspecified atom stereocenters. The van der Waals surface area contributed by atoms with Gasteiger partial charge in [0.05, 0.1) is 13.2 Å². The van der Waals surface area contributed by atoms with E-state index in [9.17, 15) is 4.79 Å². The normalized spacial score (nSPS) is 26.4. The van der Waals surface area contributed by atoms with Crippen LogP contribution >= 0.6 is 0 Å². The minimum Gasteiger partial charge on any atom is -0.376 e. The average Bonchev–Trinajstić information content (AvgIpc) is 2.26. The molecule has 2 rings (SSSR count). The maximum absolute atomic E-state index is 11.9. The van der Waals surface area contributed by atoms with Crippen molar-refractivity contribution in [1.29, 1.82) is 0 Å². The molecule has 0 aromatic heterocycles. The quantitative estimate of drug-likeness (QED) is 0.818. The van der Waals surface area contributed by atoms with Crippen molar-refractivity contribution in [3.63, 3.8) is 0 Å². The van der Waals surface area contributed by atoms with Gasteiger partial charge in [0.25, 0.3) is 0 Å². The fraction of sp³-hybridized carbons (Fsp3) is 0.588. The van der Waals surface area contributed by atoms with Crippen LogP contribution in [0.4, 0.5) is 0 Å². The molecule has 0 aliphatic heterocycles. The fourth-order valence-electron chi connectivity index (χ4n) is 3.44. The Balaban J connectivity index is 1.89. The molecule has 0 spiro atoms. The lowest BCUT2D eigenvalue weighted by molar-refractivity contribution is -0.130. The third-order valence-corrected chi connectivity index (χ3v) is 3.77. The van der Waals surface area contributed by atoms with Crippen molar-refractivity contribution >= 4 is 5.78 Å². The molecule has 0 saturated heterocycles. The van der Waals surface area contributed by atoms with Crippen LogP contribution in [0.25, 0.3) is 0 Å². The lowest BCUT2D eigenvalue weighted by Crippen LogP contribution is -2.38. The molecule has 1 atom stereocenters. The molecule has 1 aliphatic carbocycles. The molecular weight excluding hydrogens is 236 g/mol. The largest absolute Gasteiger partial charge is 0.376 e. The van der Waals surface area contributed by atoms with Gasteiger partial charge in [0.15, 0.2) is 0 Å². The minimum absolute atomic E-state index is 0.00634. The molecule has 19 heavy (non-hydrogen) atoms. The summed E-state index contributed by atoms with van der Waals surface area (Å²) in [5, 5.41) is 0. The molecule has 2 heteroatoms. The Hall–Kier alpha value is -1.15. The number of hydrogen-bond acceptors (Lipinski definition) is 2. The van der Waals surface area contributed by atoms with Crippen LogP contribution in [0.15, 0.2) is 30.3 Å². The number of rotatable bonds is 4. The van der Waals surface area contributed by atoms with E-state index in [2.05, 4.69) is 32.9 Å². The van der Waals surface area contributed by atoms with Crippen molar-refractivity contribution < 1.29 is 9.53 Å². The maximum Gasteiger partial charge on any atom is 0.134 e. The van der Waals surface area contributed by atoms with Gasteiger partial charge in [-0.15, -0.1) is 0 Å². The highest BCUT2D eigenvalue weighted by Crippen LogP contribution is 2.44. The molecule has 104 valence electrons. The summed E-state index contributed by atoms with van der Waals surface area (Å²) in [4.78, 5) is 11.9. The van der Waals surface area contributed by atoms with E-state index in [-0.39, 0.29) is 10.8 Å². The standard InChI is InChI=1S/C17H24O2/c1-16(2)9-15(18)10-17(3,12-16)13-19-11-14-7-5-4-6-8-14/h4-8H,9-13H2,1-3H3. The lowest BCUT2D eigenvalue weighted by atomic mass is 9.64. The van der Waals surface area contributed by atoms with Crippen molar-refractivity contribution in [2.75, 3.05) is 6.61 Å². The van der Waals surface area contributed by atoms with Gasteiger partial charge in [0.1, 0.15) is 5.78 Å². The average molecular weight is 260 g/mol. The van der Waals surface area contributed by atoms with Gasteiger partial charge in [-0.05, 0) is 22.8 Å². The zero-order valence-electron chi connectivity index (χ0n) is 12.2. The van der Waals surface area contributed by atoms with Crippen LogP contribution < -0.4 is 0 Å². The van der Waals surface area contributed by atoms with Gasteiger partial charge >= 0.3 is 0 Å². The third-order valence-electron chi connectivity index (χ3n) is 3.77. The summed E-state index contributed by atoms with van der Waals surface area (Å²) in [7, 11) is 0. The number of benzene rings is 1. The summed E-state index contributed by atoms with van der Waals surface area (Å²) in [6.45, 7) is 7.83. The summed E-state index contributed by atoms with van der Waals surface area (Å²) >= 11 is 0. The van der Waals surface area contributed by atoms with Crippen LogP contribution in [0.5, 0.6) is 0 Å². The first-order valence-corrected chi connectivity index (χ1v) is 7.02. The Morgan fingerprint density at radius 2 is 1.79 bits per heavy atom. The Labute approximate surface area is 116 Å². The van der Waals surface area contributed by atoms with E-state index < -0.39 is 0 Å². The SMILES string of the molecule is CC1(C)CC(=O)CC(C)(COCc2ccccc2)C1. The van der Waals surface area contributed by atoms with Crippen LogP contribution in [0, 0.1) is 10.8 Å². The van der Waals surface area contributed by atoms with Gasteiger partial charge in [-0.3, -0.25) is 4.79 Å². The first-order valence-electron chi connectivity index (χ1n) is 7.02. The highest BCUT2D eigenvalue weighted by Gasteiger charge is 2.40. The summed E-state index contributed by atoms with van der Waals surface area (Å²) in [6.07, 6.45) is 2.42. The maximum atomic E-state index is 11.9. The van der Waals surface area contributed by atoms with Crippen molar-refractivity contribution in [1.82, 2.24) is 0 Å². The first-order chi connectivity index (χ1) is 8.89. The molecular formula is C17H24O2. The van der Waals surface area contributed by atoms with E-state index in [1.54, 1.807) is 0 Å². The van der Waals surface area contributed by atoms with E-state index in [0.717, 1.165) is 6.42 Å². The van der Waals surface area contributed by atoms with E-state index in [0.29, 0.717) is 31.8 Å². The van der Waals surface area contributed by atoms with Crippen LogP contribution in [0.3, 0.4) is 0 Å². The molecule has 1 aromatic rings. The van der Waals surface area contributed by atoms with E-state index in [1.165, 1.54) is 5.56 Å². The Kier molecular flexibility index (Phi) is 4.10. The molecule has 0 heterocycles. The number of ketones is 1. The van der Waals surface area contributed by atoms with Gasteiger partial charge < -0.3 is 4.74 Å². The number of Topliss-reactive ketones (excluding diaryl/α,β-unsaturated/α-hetero) is 1. The molecule has 0 N–H and O–H groups in total. The predicted octanol–water partition coefficient (Wildman–Crippen LogP) is 3.99. The van der Waals surface area contributed by atoms with Crippen molar-refractivity contribution in [2.24, 2.45) is 10.8 Å². The molecule has 1 fully saturated rings. The molecule has 0 radical (unpaired) electrons. The smallest absolute Gasteiger partial charge is 0.134 e. The van der Waals surface area contributed by atoms with E-state index >= 15 is 0 Å². The summed E-state index contributed by atoms with van der Waals surface area (Å²) < 4.78 is 5.85. The third kappa shape index (κ3) is 4.17. The van der Waals surface area contributed by atoms with Gasteiger partial charge in [0.2, 0.25) is 0 Å². The Morgan fingerprint density at radius 3 is 2.42 bits per heavy atom. The zero-order chi connectivity index (χ0) is 13.9. The number of carbonyl (C=O) groups is 1. The topological polar surface area (TPSA) is 26.3 Å². The molecule has 0 bridgehead atoms. The van der Waals surface area contributed by atoms with Gasteiger partial charge in [0, 0.05) is 12.8 Å². The van der Waals surface area contributed by atoms with Gasteiger partial charge in [-0.2, -0.15) is 0 Å². The van der Waals surface area contributed by atoms with Gasteiger partial charge in [-0.25, -0.2) is 0 Å². The van der Waals surface area contributed by atoms with Crippen LogP contribution in [0.1, 0.15) is 45.6 Å². The second-order valence-electron chi connectivity index (χ2n) is 7.02. The van der Waals surface area contributed by atoms with Crippen molar-refractivity contribution in [2.45, 2.75) is 46.6 Å². The Morgan fingerprint density at radius 1 is 1.11 bits per heavy atom. The predicted molar refractivity (Wildman–Crippen MR) is 76.8 cm³/mol. The summed E-state index contributed by atoms with van der Waals surface area (Å²) in [5.41, 5.74) is 1.29. The summed E-state index contributed by atoms with van der Waals surface area (Å²) in [5.74, 6) is 0.377. The summed E-state index contributed by atoms with van der Waals surface area (Å²) in [6, 6.07) is 10.2. The Bertz CT molecular complexity index is 436. The van der Waals surface area contributed by atoms with E-state index in [4.69, 9.17) is 4.74 Å². The highest BCUT2D eigenvalue weighted by molar-refractivity contribution is 5.80. The zero-order valence-corrected chi connectivity index (χ0v) is 12.2. The molecule has 2 nitrogen and oxygen atoms in total. The van der Waals surface area contributed by atoms with Crippen molar-refractivity contribution in [3.8, 4) is 0 Å². The first kappa shape index (κ1) is 14.3. The monoisotopic (exact) mass is 260 g/mol. The van der Waals surface area contributed by atoms with Gasteiger partial charge in [-0.1, -0.05) is 51.1 Å². The second kappa shape index (κ2) is 5.46. The van der Waals surface area contributed by atoms with Crippen LogP contribution in [-0.4, -0.2) is 12.4 Å². The molecule has 1 aliphatic rings.